The molecular formula is C23H16ClN5O2. The average molecular weight is 430 g/mol. The molecule has 0 saturated carbocycles. The quantitative estimate of drug-likeness (QED) is 0.375. The maximum atomic E-state index is 13.4. The van der Waals surface area contributed by atoms with Gasteiger partial charge in [0, 0.05) is 40.6 Å². The van der Waals surface area contributed by atoms with Gasteiger partial charge in [-0.2, -0.15) is 0 Å². The molecule has 31 heavy (non-hydrogen) atoms. The van der Waals surface area contributed by atoms with Crippen molar-refractivity contribution in [2.75, 3.05) is 0 Å². The molecule has 2 aromatic carbocycles. The summed E-state index contributed by atoms with van der Waals surface area (Å²) in [6, 6.07) is 15.4. The summed E-state index contributed by atoms with van der Waals surface area (Å²) in [5.41, 5.74) is 3.80. The number of carbonyl (C=O) groups is 1. The molecule has 0 atom stereocenters. The number of hydrogen-bond donors (Lipinski definition) is 0. The van der Waals surface area contributed by atoms with E-state index in [0.29, 0.717) is 22.8 Å². The van der Waals surface area contributed by atoms with Gasteiger partial charge in [0.2, 0.25) is 0 Å². The Labute approximate surface area is 182 Å². The Bertz CT molecular complexity index is 1390. The van der Waals surface area contributed by atoms with E-state index in [0.717, 1.165) is 22.2 Å². The van der Waals surface area contributed by atoms with Crippen LogP contribution >= 0.6 is 11.6 Å². The first-order chi connectivity index (χ1) is 15.1. The van der Waals surface area contributed by atoms with E-state index in [4.69, 9.17) is 16.0 Å². The third-order valence-corrected chi connectivity index (χ3v) is 5.37. The lowest BCUT2D eigenvalue weighted by molar-refractivity contribution is 0.100. The van der Waals surface area contributed by atoms with Crippen LogP contribution in [0.25, 0.3) is 22.5 Å². The summed E-state index contributed by atoms with van der Waals surface area (Å²) in [7, 11) is 0. The van der Waals surface area contributed by atoms with Crippen LogP contribution in [0.4, 0.5) is 0 Å². The molecule has 0 aliphatic heterocycles. The molecule has 0 aliphatic rings. The van der Waals surface area contributed by atoms with Crippen molar-refractivity contribution in [3.63, 3.8) is 0 Å². The minimum atomic E-state index is -0.328. The summed E-state index contributed by atoms with van der Waals surface area (Å²) in [5, 5.41) is 9.44. The van der Waals surface area contributed by atoms with E-state index < -0.39 is 0 Å². The van der Waals surface area contributed by atoms with Crippen molar-refractivity contribution in [2.24, 2.45) is 0 Å². The van der Waals surface area contributed by atoms with Crippen molar-refractivity contribution in [3.05, 3.63) is 94.9 Å². The SMILES string of the molecule is Cc1c(C(=O)c2nnc(-c3cnccn3)o2)c2ccccc2n1Cc1ccc(Cl)cc1. The zero-order valence-electron chi connectivity index (χ0n) is 16.5. The van der Waals surface area contributed by atoms with Crippen molar-refractivity contribution < 1.29 is 9.21 Å². The lowest BCUT2D eigenvalue weighted by Crippen LogP contribution is -2.06. The van der Waals surface area contributed by atoms with Gasteiger partial charge in [-0.15, -0.1) is 10.2 Å². The van der Waals surface area contributed by atoms with Gasteiger partial charge in [-0.3, -0.25) is 9.78 Å². The fraction of sp³-hybridized carbons (Fsp3) is 0.0870. The van der Waals surface area contributed by atoms with Crippen molar-refractivity contribution in [1.82, 2.24) is 24.7 Å². The summed E-state index contributed by atoms with van der Waals surface area (Å²) in [6.45, 7) is 2.52. The summed E-state index contributed by atoms with van der Waals surface area (Å²) < 4.78 is 7.74. The van der Waals surface area contributed by atoms with Crippen LogP contribution in [-0.2, 0) is 6.54 Å². The molecule has 5 rings (SSSR count). The Morgan fingerprint density at radius 2 is 1.87 bits per heavy atom. The number of para-hydroxylation sites is 1. The molecule has 0 saturated heterocycles. The summed E-state index contributed by atoms with van der Waals surface area (Å²) in [5.74, 6) is -0.261. The molecular weight excluding hydrogens is 414 g/mol. The van der Waals surface area contributed by atoms with Crippen LogP contribution in [0, 0.1) is 6.92 Å². The van der Waals surface area contributed by atoms with Gasteiger partial charge in [0.25, 0.3) is 17.6 Å². The van der Waals surface area contributed by atoms with Gasteiger partial charge in [-0.25, -0.2) is 4.98 Å². The van der Waals surface area contributed by atoms with Gasteiger partial charge in [0.05, 0.1) is 11.8 Å². The molecule has 3 heterocycles. The third kappa shape index (κ3) is 3.49. The summed E-state index contributed by atoms with van der Waals surface area (Å²) in [4.78, 5) is 21.5. The molecule has 0 spiro atoms. The van der Waals surface area contributed by atoms with Crippen molar-refractivity contribution >= 4 is 28.3 Å². The molecule has 152 valence electrons. The maximum absolute atomic E-state index is 13.4. The van der Waals surface area contributed by atoms with E-state index in [1.165, 1.54) is 12.4 Å². The van der Waals surface area contributed by atoms with Crippen LogP contribution in [0.3, 0.4) is 0 Å². The second-order valence-corrected chi connectivity index (χ2v) is 7.46. The Hall–Kier alpha value is -3.84. The highest BCUT2D eigenvalue weighted by molar-refractivity contribution is 6.30. The van der Waals surface area contributed by atoms with E-state index in [-0.39, 0.29) is 17.6 Å². The number of carbonyl (C=O) groups excluding carboxylic acids is 1. The molecule has 7 nitrogen and oxygen atoms in total. The molecule has 3 aromatic heterocycles. The first kappa shape index (κ1) is 19.1. The van der Waals surface area contributed by atoms with Crippen LogP contribution < -0.4 is 0 Å². The lowest BCUT2D eigenvalue weighted by atomic mass is 10.1. The van der Waals surface area contributed by atoms with E-state index in [9.17, 15) is 4.79 Å². The van der Waals surface area contributed by atoms with E-state index in [1.54, 1.807) is 6.20 Å². The summed E-state index contributed by atoms with van der Waals surface area (Å²) in [6.07, 6.45) is 4.57. The maximum Gasteiger partial charge on any atom is 0.289 e. The zero-order valence-corrected chi connectivity index (χ0v) is 17.2. The fourth-order valence-electron chi connectivity index (χ4n) is 3.63. The molecule has 0 unspecified atom stereocenters. The Morgan fingerprint density at radius 3 is 2.65 bits per heavy atom. The molecule has 8 heteroatoms. The van der Waals surface area contributed by atoms with Gasteiger partial charge in [0.15, 0.2) is 0 Å². The Kier molecular flexibility index (Phi) is 4.80. The van der Waals surface area contributed by atoms with E-state index in [2.05, 4.69) is 24.7 Å². The van der Waals surface area contributed by atoms with Gasteiger partial charge in [-0.05, 0) is 30.7 Å². The number of benzene rings is 2. The number of rotatable bonds is 5. The predicted molar refractivity (Wildman–Crippen MR) is 116 cm³/mol. The van der Waals surface area contributed by atoms with Crippen LogP contribution in [0.2, 0.25) is 5.02 Å². The first-order valence-electron chi connectivity index (χ1n) is 9.58. The fourth-order valence-corrected chi connectivity index (χ4v) is 3.75. The highest BCUT2D eigenvalue weighted by Gasteiger charge is 2.25. The van der Waals surface area contributed by atoms with Gasteiger partial charge in [0.1, 0.15) is 5.69 Å². The number of halogens is 1. The topological polar surface area (TPSA) is 86.7 Å². The minimum Gasteiger partial charge on any atom is -0.412 e. The number of ketones is 1. The largest absolute Gasteiger partial charge is 0.412 e. The minimum absolute atomic E-state index is 0.0850. The Balaban J connectivity index is 1.57. The van der Waals surface area contributed by atoms with E-state index >= 15 is 0 Å². The predicted octanol–water partition coefficient (Wildman–Crippen LogP) is 4.72. The first-order valence-corrected chi connectivity index (χ1v) is 9.96. The Morgan fingerprint density at radius 1 is 1.06 bits per heavy atom. The van der Waals surface area contributed by atoms with Crippen molar-refractivity contribution in [1.29, 1.82) is 0 Å². The van der Waals surface area contributed by atoms with Crippen LogP contribution in [-0.4, -0.2) is 30.5 Å². The van der Waals surface area contributed by atoms with Crippen LogP contribution in [0.5, 0.6) is 0 Å². The number of aromatic nitrogens is 5. The third-order valence-electron chi connectivity index (χ3n) is 5.11. The van der Waals surface area contributed by atoms with Crippen LogP contribution in [0.1, 0.15) is 27.5 Å². The van der Waals surface area contributed by atoms with Crippen LogP contribution in [0.15, 0.2) is 71.5 Å². The number of fused-ring (bicyclic) bond motifs is 1. The average Bonchev–Trinajstić information content (AvgIpc) is 3.40. The number of nitrogens with zero attached hydrogens (tertiary/aromatic N) is 5. The molecule has 5 aromatic rings. The molecule has 0 aliphatic carbocycles. The number of hydrogen-bond acceptors (Lipinski definition) is 6. The van der Waals surface area contributed by atoms with Crippen molar-refractivity contribution in [3.8, 4) is 11.6 Å². The second kappa shape index (κ2) is 7.77. The molecule has 0 fully saturated rings. The standard InChI is InChI=1S/C23H16ClN5O2/c1-14-20(21(30)23-28-27-22(31-23)18-12-25-10-11-26-18)17-4-2-3-5-19(17)29(14)13-15-6-8-16(24)9-7-15/h2-12H,13H2,1H3. The van der Waals surface area contributed by atoms with Gasteiger partial charge in [-0.1, -0.05) is 41.9 Å². The van der Waals surface area contributed by atoms with E-state index in [1.807, 2.05) is 55.5 Å². The molecule has 0 N–H and O–H groups in total. The zero-order chi connectivity index (χ0) is 21.4. The highest BCUT2D eigenvalue weighted by Crippen LogP contribution is 2.29. The second-order valence-electron chi connectivity index (χ2n) is 7.02. The van der Waals surface area contributed by atoms with Crippen molar-refractivity contribution in [2.45, 2.75) is 13.5 Å². The van der Waals surface area contributed by atoms with Gasteiger partial charge < -0.3 is 8.98 Å². The normalized spacial score (nSPS) is 11.2. The monoisotopic (exact) mass is 429 g/mol. The molecule has 0 bridgehead atoms. The molecule has 0 radical (unpaired) electrons. The smallest absolute Gasteiger partial charge is 0.289 e. The summed E-state index contributed by atoms with van der Waals surface area (Å²) >= 11 is 6.02. The molecule has 0 amide bonds. The lowest BCUT2D eigenvalue weighted by Gasteiger charge is -2.09. The van der Waals surface area contributed by atoms with Gasteiger partial charge >= 0.3 is 0 Å². The highest BCUT2D eigenvalue weighted by atomic mass is 35.5.